The number of amides is 1. The van der Waals surface area contributed by atoms with Crippen LogP contribution in [0.25, 0.3) is 0 Å². The van der Waals surface area contributed by atoms with E-state index in [1.54, 1.807) is 6.92 Å². The molecule has 0 spiro atoms. The number of piperazine rings is 1. The van der Waals surface area contributed by atoms with Crippen molar-refractivity contribution in [3.8, 4) is 0 Å². The topological polar surface area (TPSA) is 69.7 Å². The van der Waals surface area contributed by atoms with Crippen molar-refractivity contribution < 1.29 is 13.2 Å². The smallest absolute Gasteiger partial charge is 0.252 e. The van der Waals surface area contributed by atoms with Crippen LogP contribution in [0.3, 0.4) is 0 Å². The third-order valence-corrected chi connectivity index (χ3v) is 6.74. The molecule has 0 saturated carbocycles. The summed E-state index contributed by atoms with van der Waals surface area (Å²) < 4.78 is 27.5. The molecule has 3 rings (SSSR count). The number of nitrogens with one attached hydrogen (secondary N) is 1. The first-order valence-corrected chi connectivity index (χ1v) is 10.6. The Morgan fingerprint density at radius 2 is 1.74 bits per heavy atom. The summed E-state index contributed by atoms with van der Waals surface area (Å²) in [4.78, 5) is 14.4. The van der Waals surface area contributed by atoms with E-state index in [-0.39, 0.29) is 21.4 Å². The van der Waals surface area contributed by atoms with E-state index in [9.17, 15) is 13.2 Å². The highest BCUT2D eigenvalue weighted by atomic mass is 35.5. The summed E-state index contributed by atoms with van der Waals surface area (Å²) in [7, 11) is -3.69. The molecule has 27 heavy (non-hydrogen) atoms. The molecule has 0 radical (unpaired) electrons. The summed E-state index contributed by atoms with van der Waals surface area (Å²) in [5, 5.41) is 2.88. The maximum atomic E-state index is 13.0. The summed E-state index contributed by atoms with van der Waals surface area (Å²) in [5.74, 6) is -0.381. The highest BCUT2D eigenvalue weighted by Crippen LogP contribution is 2.25. The zero-order chi connectivity index (χ0) is 19.4. The van der Waals surface area contributed by atoms with Gasteiger partial charge in [-0.25, -0.2) is 8.42 Å². The fourth-order valence-electron chi connectivity index (χ4n) is 3.07. The molecule has 1 N–H and O–H groups in total. The van der Waals surface area contributed by atoms with E-state index in [0.29, 0.717) is 32.7 Å². The SMILES string of the molecule is CCNC(=O)c1cc(S(=O)(=O)N2CCN(c3ccccc3)CC2)ccc1Cl. The number of rotatable bonds is 5. The molecule has 1 aliphatic heterocycles. The van der Waals surface area contributed by atoms with Crippen LogP contribution in [0, 0.1) is 0 Å². The molecule has 0 aliphatic carbocycles. The van der Waals surface area contributed by atoms with E-state index < -0.39 is 10.0 Å². The molecule has 6 nitrogen and oxygen atoms in total. The fraction of sp³-hybridized carbons (Fsp3) is 0.316. The molecule has 0 bridgehead atoms. The van der Waals surface area contributed by atoms with Gasteiger partial charge in [0.1, 0.15) is 0 Å². The number of sulfonamides is 1. The number of halogens is 1. The van der Waals surface area contributed by atoms with Crippen molar-refractivity contribution in [3.05, 3.63) is 59.1 Å². The number of hydrogen-bond donors (Lipinski definition) is 1. The lowest BCUT2D eigenvalue weighted by Crippen LogP contribution is -2.48. The number of hydrogen-bond acceptors (Lipinski definition) is 4. The van der Waals surface area contributed by atoms with Gasteiger partial charge >= 0.3 is 0 Å². The summed E-state index contributed by atoms with van der Waals surface area (Å²) >= 11 is 6.07. The van der Waals surface area contributed by atoms with E-state index >= 15 is 0 Å². The summed E-state index contributed by atoms with van der Waals surface area (Å²) in [5.41, 5.74) is 1.25. The Morgan fingerprint density at radius 3 is 2.37 bits per heavy atom. The van der Waals surface area contributed by atoms with Gasteiger partial charge in [0, 0.05) is 38.4 Å². The van der Waals surface area contributed by atoms with E-state index in [4.69, 9.17) is 11.6 Å². The van der Waals surface area contributed by atoms with Crippen LogP contribution in [-0.4, -0.2) is 51.4 Å². The molecule has 8 heteroatoms. The first-order valence-electron chi connectivity index (χ1n) is 8.81. The van der Waals surface area contributed by atoms with Gasteiger partial charge in [0.15, 0.2) is 0 Å². The van der Waals surface area contributed by atoms with Crippen LogP contribution in [0.1, 0.15) is 17.3 Å². The number of para-hydroxylation sites is 1. The van der Waals surface area contributed by atoms with Crippen molar-refractivity contribution in [2.24, 2.45) is 0 Å². The molecular weight excluding hydrogens is 386 g/mol. The largest absolute Gasteiger partial charge is 0.369 e. The summed E-state index contributed by atoms with van der Waals surface area (Å²) in [6.45, 7) is 4.22. The molecule has 144 valence electrons. The number of carbonyl (C=O) groups is 1. The molecule has 1 saturated heterocycles. The molecule has 2 aromatic rings. The average Bonchev–Trinajstić information content (AvgIpc) is 2.69. The van der Waals surface area contributed by atoms with Crippen LogP contribution in [0.5, 0.6) is 0 Å². The predicted octanol–water partition coefficient (Wildman–Crippen LogP) is 2.60. The van der Waals surface area contributed by atoms with Gasteiger partial charge in [0.2, 0.25) is 10.0 Å². The van der Waals surface area contributed by atoms with Crippen LogP contribution in [0.2, 0.25) is 5.02 Å². The zero-order valence-corrected chi connectivity index (χ0v) is 16.6. The number of anilines is 1. The maximum absolute atomic E-state index is 13.0. The fourth-order valence-corrected chi connectivity index (χ4v) is 4.72. The molecular formula is C19H22ClN3O3S. The van der Waals surface area contributed by atoms with E-state index in [1.807, 2.05) is 30.3 Å². The second-order valence-electron chi connectivity index (χ2n) is 6.23. The molecule has 1 heterocycles. The Kier molecular flexibility index (Phi) is 6.04. The second-order valence-corrected chi connectivity index (χ2v) is 8.57. The van der Waals surface area contributed by atoms with Gasteiger partial charge < -0.3 is 10.2 Å². The molecule has 2 aromatic carbocycles. The summed E-state index contributed by atoms with van der Waals surface area (Å²) in [6, 6.07) is 14.2. The zero-order valence-electron chi connectivity index (χ0n) is 15.1. The predicted molar refractivity (Wildman–Crippen MR) is 107 cm³/mol. The van der Waals surface area contributed by atoms with Crippen molar-refractivity contribution in [1.29, 1.82) is 0 Å². The Labute approximate surface area is 164 Å². The lowest BCUT2D eigenvalue weighted by Gasteiger charge is -2.35. The molecule has 0 aromatic heterocycles. The van der Waals surface area contributed by atoms with Crippen LogP contribution in [-0.2, 0) is 10.0 Å². The van der Waals surface area contributed by atoms with Gasteiger partial charge in [-0.15, -0.1) is 0 Å². The van der Waals surface area contributed by atoms with Crippen molar-refractivity contribution >= 4 is 33.2 Å². The minimum atomic E-state index is -3.69. The molecule has 0 unspecified atom stereocenters. The van der Waals surface area contributed by atoms with E-state index in [0.717, 1.165) is 5.69 Å². The highest BCUT2D eigenvalue weighted by Gasteiger charge is 2.29. The van der Waals surface area contributed by atoms with Gasteiger partial charge in [-0.05, 0) is 37.3 Å². The molecule has 1 amide bonds. The van der Waals surface area contributed by atoms with Gasteiger partial charge in [-0.1, -0.05) is 29.8 Å². The number of nitrogens with zero attached hydrogens (tertiary/aromatic N) is 2. The van der Waals surface area contributed by atoms with Gasteiger partial charge in [-0.3, -0.25) is 4.79 Å². The molecule has 1 aliphatic rings. The third kappa shape index (κ3) is 4.26. The maximum Gasteiger partial charge on any atom is 0.252 e. The monoisotopic (exact) mass is 407 g/mol. The molecule has 0 atom stereocenters. The Bertz CT molecular complexity index is 911. The minimum absolute atomic E-state index is 0.0846. The van der Waals surface area contributed by atoms with Crippen molar-refractivity contribution in [2.75, 3.05) is 37.6 Å². The van der Waals surface area contributed by atoms with Gasteiger partial charge in [0.05, 0.1) is 15.5 Å². The first kappa shape index (κ1) is 19.7. The average molecular weight is 408 g/mol. The Balaban J connectivity index is 1.77. The second kappa shape index (κ2) is 8.29. The standard InChI is InChI=1S/C19H22ClN3O3S/c1-2-21-19(24)17-14-16(8-9-18(17)20)27(25,26)23-12-10-22(11-13-23)15-6-4-3-5-7-15/h3-9,14H,2,10-13H2,1H3,(H,21,24). The van der Waals surface area contributed by atoms with Crippen LogP contribution < -0.4 is 10.2 Å². The lowest BCUT2D eigenvalue weighted by atomic mass is 10.2. The van der Waals surface area contributed by atoms with Crippen LogP contribution in [0.4, 0.5) is 5.69 Å². The summed E-state index contributed by atoms with van der Waals surface area (Å²) in [6.07, 6.45) is 0. The quantitative estimate of drug-likeness (QED) is 0.827. The Morgan fingerprint density at radius 1 is 1.07 bits per heavy atom. The minimum Gasteiger partial charge on any atom is -0.369 e. The van der Waals surface area contributed by atoms with Gasteiger partial charge in [-0.2, -0.15) is 4.31 Å². The third-order valence-electron chi connectivity index (χ3n) is 4.52. The number of carbonyl (C=O) groups excluding carboxylic acids is 1. The van der Waals surface area contributed by atoms with E-state index in [2.05, 4.69) is 10.2 Å². The lowest BCUT2D eigenvalue weighted by molar-refractivity contribution is 0.0955. The highest BCUT2D eigenvalue weighted by molar-refractivity contribution is 7.89. The normalized spacial score (nSPS) is 15.6. The first-order chi connectivity index (χ1) is 12.9. The van der Waals surface area contributed by atoms with Crippen LogP contribution in [0.15, 0.2) is 53.4 Å². The number of benzene rings is 2. The van der Waals surface area contributed by atoms with Gasteiger partial charge in [0.25, 0.3) is 5.91 Å². The van der Waals surface area contributed by atoms with Crippen molar-refractivity contribution in [2.45, 2.75) is 11.8 Å². The Hall–Kier alpha value is -2.09. The van der Waals surface area contributed by atoms with Crippen molar-refractivity contribution in [3.63, 3.8) is 0 Å². The molecule has 1 fully saturated rings. The van der Waals surface area contributed by atoms with Crippen LogP contribution >= 0.6 is 11.6 Å². The van der Waals surface area contributed by atoms with E-state index in [1.165, 1.54) is 22.5 Å². The van der Waals surface area contributed by atoms with Crippen molar-refractivity contribution in [1.82, 2.24) is 9.62 Å².